The third-order valence-corrected chi connectivity index (χ3v) is 2.07. The molecule has 0 saturated carbocycles. The number of nitro groups is 1. The first-order chi connectivity index (χ1) is 7.95. The number of carbonyl (C=O) groups is 1. The molecule has 0 heterocycles. The molecular formula is C11H10N2O4. The zero-order chi connectivity index (χ0) is 13.0. The summed E-state index contributed by atoms with van der Waals surface area (Å²) in [6.07, 6.45) is 5.15. The van der Waals surface area contributed by atoms with Gasteiger partial charge in [-0.3, -0.25) is 10.1 Å². The minimum atomic E-state index is -1.17. The molecule has 0 amide bonds. The van der Waals surface area contributed by atoms with Gasteiger partial charge in [0.2, 0.25) is 0 Å². The molecule has 6 nitrogen and oxygen atoms in total. The minimum absolute atomic E-state index is 0.0577. The summed E-state index contributed by atoms with van der Waals surface area (Å²) in [5.74, 6) is 1.18. The van der Waals surface area contributed by atoms with E-state index in [0.717, 1.165) is 12.1 Å². The molecule has 0 aliphatic carbocycles. The van der Waals surface area contributed by atoms with Crippen LogP contribution in [0.5, 0.6) is 0 Å². The summed E-state index contributed by atoms with van der Waals surface area (Å²) < 4.78 is 0. The fraction of sp³-hybridized carbons (Fsp3) is 0.182. The number of nitro benzene ring substituents is 1. The maximum atomic E-state index is 10.9. The van der Waals surface area contributed by atoms with Crippen LogP contribution in [0.1, 0.15) is 17.3 Å². The van der Waals surface area contributed by atoms with E-state index < -0.39 is 16.9 Å². The SMILES string of the molecule is C#CC(C)Nc1cc([N+](=O)[O-])ccc1C(=O)O. The van der Waals surface area contributed by atoms with Crippen LogP contribution in [0.25, 0.3) is 0 Å². The summed E-state index contributed by atoms with van der Waals surface area (Å²) in [6, 6.07) is 3.04. The van der Waals surface area contributed by atoms with Gasteiger partial charge in [-0.15, -0.1) is 6.42 Å². The maximum Gasteiger partial charge on any atom is 0.337 e. The number of aromatic carboxylic acids is 1. The van der Waals surface area contributed by atoms with E-state index in [0.29, 0.717) is 0 Å². The van der Waals surface area contributed by atoms with E-state index in [9.17, 15) is 14.9 Å². The topological polar surface area (TPSA) is 92.5 Å². The largest absolute Gasteiger partial charge is 0.478 e. The Kier molecular flexibility index (Phi) is 3.67. The second-order valence-electron chi connectivity index (χ2n) is 3.32. The molecule has 1 aromatic rings. The van der Waals surface area contributed by atoms with Gasteiger partial charge in [0.1, 0.15) is 0 Å². The molecule has 6 heteroatoms. The summed E-state index contributed by atoms with van der Waals surface area (Å²) in [7, 11) is 0. The Balaban J connectivity index is 3.21. The van der Waals surface area contributed by atoms with Gasteiger partial charge < -0.3 is 10.4 Å². The van der Waals surface area contributed by atoms with Crippen LogP contribution in [0.15, 0.2) is 18.2 Å². The van der Waals surface area contributed by atoms with Crippen molar-refractivity contribution < 1.29 is 14.8 Å². The highest BCUT2D eigenvalue weighted by atomic mass is 16.6. The number of non-ortho nitro benzene ring substituents is 1. The number of nitrogens with one attached hydrogen (secondary N) is 1. The Morgan fingerprint density at radius 2 is 2.29 bits per heavy atom. The second-order valence-corrected chi connectivity index (χ2v) is 3.32. The smallest absolute Gasteiger partial charge is 0.337 e. The Labute approximate surface area is 97.4 Å². The van der Waals surface area contributed by atoms with Gasteiger partial charge >= 0.3 is 5.97 Å². The minimum Gasteiger partial charge on any atom is -0.478 e. The van der Waals surface area contributed by atoms with E-state index in [1.54, 1.807) is 6.92 Å². The number of terminal acetylenes is 1. The van der Waals surface area contributed by atoms with Crippen molar-refractivity contribution in [2.24, 2.45) is 0 Å². The monoisotopic (exact) mass is 234 g/mol. The molecule has 17 heavy (non-hydrogen) atoms. The molecule has 0 aliphatic heterocycles. The van der Waals surface area contributed by atoms with Gasteiger partial charge in [0.25, 0.3) is 5.69 Å². The Hall–Kier alpha value is -2.55. The van der Waals surface area contributed by atoms with Crippen molar-refractivity contribution in [3.63, 3.8) is 0 Å². The lowest BCUT2D eigenvalue weighted by molar-refractivity contribution is -0.384. The Morgan fingerprint density at radius 1 is 1.65 bits per heavy atom. The van der Waals surface area contributed by atoms with Crippen molar-refractivity contribution in [1.82, 2.24) is 0 Å². The fourth-order valence-corrected chi connectivity index (χ4v) is 1.23. The van der Waals surface area contributed by atoms with Gasteiger partial charge in [0.05, 0.1) is 22.2 Å². The molecule has 1 rings (SSSR count). The van der Waals surface area contributed by atoms with Crippen molar-refractivity contribution in [1.29, 1.82) is 0 Å². The maximum absolute atomic E-state index is 10.9. The average molecular weight is 234 g/mol. The first kappa shape index (κ1) is 12.5. The van der Waals surface area contributed by atoms with Gasteiger partial charge in [0.15, 0.2) is 0 Å². The predicted octanol–water partition coefficient (Wildman–Crippen LogP) is 1.73. The molecule has 1 aromatic carbocycles. The van der Waals surface area contributed by atoms with Crippen molar-refractivity contribution in [2.75, 3.05) is 5.32 Å². The standard InChI is InChI=1S/C11H10N2O4/c1-3-7(2)12-10-6-8(13(16)17)4-5-9(10)11(14)15/h1,4-7,12H,2H3,(H,14,15). The van der Waals surface area contributed by atoms with Crippen LogP contribution in [0.2, 0.25) is 0 Å². The van der Waals surface area contributed by atoms with Gasteiger partial charge in [-0.05, 0) is 13.0 Å². The number of carboxylic acids is 1. The van der Waals surface area contributed by atoms with Crippen LogP contribution < -0.4 is 5.32 Å². The summed E-state index contributed by atoms with van der Waals surface area (Å²) >= 11 is 0. The molecule has 0 radical (unpaired) electrons. The molecule has 0 bridgehead atoms. The highest BCUT2D eigenvalue weighted by molar-refractivity contribution is 5.94. The highest BCUT2D eigenvalue weighted by Gasteiger charge is 2.16. The lowest BCUT2D eigenvalue weighted by atomic mass is 10.1. The zero-order valence-electron chi connectivity index (χ0n) is 9.01. The quantitative estimate of drug-likeness (QED) is 0.470. The third kappa shape index (κ3) is 2.95. The van der Waals surface area contributed by atoms with Crippen molar-refractivity contribution in [2.45, 2.75) is 13.0 Å². The molecule has 0 aliphatic rings. The summed E-state index contributed by atoms with van der Waals surface area (Å²) in [5.41, 5.74) is -0.114. The number of carboxylic acid groups (broad SMARTS) is 1. The molecule has 88 valence electrons. The van der Waals surface area contributed by atoms with E-state index >= 15 is 0 Å². The Bertz CT molecular complexity index is 505. The van der Waals surface area contributed by atoms with Crippen molar-refractivity contribution in [3.05, 3.63) is 33.9 Å². The normalized spacial score (nSPS) is 11.3. The number of anilines is 1. The second kappa shape index (κ2) is 4.99. The molecule has 0 fully saturated rings. The van der Waals surface area contributed by atoms with Gasteiger partial charge in [-0.25, -0.2) is 4.79 Å². The van der Waals surface area contributed by atoms with E-state index in [1.807, 2.05) is 0 Å². The zero-order valence-corrected chi connectivity index (χ0v) is 9.01. The van der Waals surface area contributed by atoms with Crippen LogP contribution >= 0.6 is 0 Å². The first-order valence-corrected chi connectivity index (χ1v) is 4.70. The van der Waals surface area contributed by atoms with Gasteiger partial charge in [0, 0.05) is 12.1 Å². The third-order valence-electron chi connectivity index (χ3n) is 2.07. The fourth-order valence-electron chi connectivity index (χ4n) is 1.23. The van der Waals surface area contributed by atoms with Crippen molar-refractivity contribution in [3.8, 4) is 12.3 Å². The number of rotatable bonds is 4. The predicted molar refractivity (Wildman–Crippen MR) is 62.0 cm³/mol. The van der Waals surface area contributed by atoms with Crippen LogP contribution in [0.3, 0.4) is 0 Å². The van der Waals surface area contributed by atoms with Crippen molar-refractivity contribution >= 4 is 17.3 Å². The van der Waals surface area contributed by atoms with E-state index in [-0.39, 0.29) is 16.9 Å². The molecule has 2 N–H and O–H groups in total. The van der Waals surface area contributed by atoms with E-state index in [4.69, 9.17) is 11.5 Å². The molecule has 1 unspecified atom stereocenters. The summed E-state index contributed by atoms with van der Waals surface area (Å²) in [5, 5.41) is 22.2. The highest BCUT2D eigenvalue weighted by Crippen LogP contribution is 2.23. The van der Waals surface area contributed by atoms with E-state index in [2.05, 4.69) is 11.2 Å². The molecule has 0 aromatic heterocycles. The molecule has 1 atom stereocenters. The van der Waals surface area contributed by atoms with Gasteiger partial charge in [-0.1, -0.05) is 5.92 Å². The molecule has 0 spiro atoms. The lowest BCUT2D eigenvalue weighted by Crippen LogP contribution is -2.15. The van der Waals surface area contributed by atoms with E-state index in [1.165, 1.54) is 6.07 Å². The average Bonchev–Trinajstić information content (AvgIpc) is 2.28. The van der Waals surface area contributed by atoms with Crippen LogP contribution in [-0.4, -0.2) is 22.0 Å². The summed E-state index contributed by atoms with van der Waals surface area (Å²) in [6.45, 7) is 1.64. The number of benzene rings is 1. The van der Waals surface area contributed by atoms with Crippen LogP contribution in [0.4, 0.5) is 11.4 Å². The molecular weight excluding hydrogens is 224 g/mol. The number of nitrogens with zero attached hydrogens (tertiary/aromatic N) is 1. The lowest BCUT2D eigenvalue weighted by Gasteiger charge is -2.11. The summed E-state index contributed by atoms with van der Waals surface area (Å²) in [4.78, 5) is 20.9. The number of hydrogen-bond donors (Lipinski definition) is 2. The van der Waals surface area contributed by atoms with Gasteiger partial charge in [-0.2, -0.15) is 0 Å². The molecule has 0 saturated heterocycles. The first-order valence-electron chi connectivity index (χ1n) is 4.70. The number of hydrogen-bond acceptors (Lipinski definition) is 4. The Morgan fingerprint density at radius 3 is 2.76 bits per heavy atom. The van der Waals surface area contributed by atoms with Crippen LogP contribution in [-0.2, 0) is 0 Å². The van der Waals surface area contributed by atoms with Crippen LogP contribution in [0, 0.1) is 22.5 Å².